The number of nitrogens with one attached hydrogen (secondary N) is 2. The molecule has 0 aromatic heterocycles. The summed E-state index contributed by atoms with van der Waals surface area (Å²) in [5, 5.41) is 0.449. The summed E-state index contributed by atoms with van der Waals surface area (Å²) in [4.78, 5) is 12.3. The molecule has 0 atom stereocenters. The van der Waals surface area contributed by atoms with Gasteiger partial charge in [0.25, 0.3) is 5.91 Å². The van der Waals surface area contributed by atoms with Crippen LogP contribution in [0.2, 0.25) is 0 Å². The maximum absolute atomic E-state index is 10.8. The fraction of sp³-hybridized carbons (Fsp3) is 0.200. The number of hydrazine groups is 1. The van der Waals surface area contributed by atoms with Crippen LogP contribution >= 0.6 is 12.2 Å². The van der Waals surface area contributed by atoms with Crippen LogP contribution < -0.4 is 10.9 Å². The van der Waals surface area contributed by atoms with Gasteiger partial charge in [0.05, 0.1) is 0 Å². The van der Waals surface area contributed by atoms with Gasteiger partial charge in [0, 0.05) is 7.05 Å². The molecule has 0 aromatic rings. The lowest BCUT2D eigenvalue weighted by Crippen LogP contribution is -2.55. The molecule has 54 valence electrons. The fourth-order valence-electron chi connectivity index (χ4n) is 0.541. The van der Waals surface area contributed by atoms with Crippen LogP contribution in [-0.4, -0.2) is 23.0 Å². The lowest BCUT2D eigenvalue weighted by molar-refractivity contribution is -0.119. The Hall–Kier alpha value is -1.10. The number of nitrogens with zero attached hydrogens (tertiary/aromatic N) is 1. The first-order chi connectivity index (χ1) is 4.63. The molecule has 0 bridgehead atoms. The molecule has 1 aliphatic rings. The van der Waals surface area contributed by atoms with Crippen molar-refractivity contribution in [1.82, 2.24) is 15.8 Å². The molecular formula is C5H7N3OS. The van der Waals surface area contributed by atoms with Crippen molar-refractivity contribution >= 4 is 23.2 Å². The highest BCUT2D eigenvalue weighted by atomic mass is 32.1. The Kier molecular flexibility index (Phi) is 1.58. The maximum Gasteiger partial charge on any atom is 0.285 e. The third-order valence-corrected chi connectivity index (χ3v) is 1.63. The Morgan fingerprint density at radius 1 is 1.60 bits per heavy atom. The molecule has 1 saturated heterocycles. The molecule has 4 nitrogen and oxygen atoms in total. The van der Waals surface area contributed by atoms with Gasteiger partial charge in [-0.2, -0.15) is 0 Å². The van der Waals surface area contributed by atoms with Gasteiger partial charge in [0.15, 0.2) is 5.11 Å². The molecule has 0 aromatic carbocycles. The first-order valence-corrected chi connectivity index (χ1v) is 3.06. The van der Waals surface area contributed by atoms with Gasteiger partial charge in [-0.25, -0.2) is 0 Å². The molecule has 0 saturated carbocycles. The number of hydrogen-bond acceptors (Lipinski definition) is 2. The summed E-state index contributed by atoms with van der Waals surface area (Å²) >= 11 is 4.80. The molecule has 0 unspecified atom stereocenters. The van der Waals surface area contributed by atoms with Crippen LogP contribution in [0.1, 0.15) is 0 Å². The van der Waals surface area contributed by atoms with Crippen LogP contribution in [-0.2, 0) is 4.79 Å². The molecule has 1 aliphatic heterocycles. The van der Waals surface area contributed by atoms with Crippen molar-refractivity contribution in [3.8, 4) is 0 Å². The highest BCUT2D eigenvalue weighted by molar-refractivity contribution is 7.80. The van der Waals surface area contributed by atoms with E-state index in [4.69, 9.17) is 12.2 Å². The number of likely N-dealkylation sites (N-methyl/N-ethyl adjacent to an activating group) is 1. The molecule has 0 aliphatic carbocycles. The molecular weight excluding hydrogens is 150 g/mol. The highest BCUT2D eigenvalue weighted by Crippen LogP contribution is 2.01. The number of amides is 1. The summed E-state index contributed by atoms with van der Waals surface area (Å²) in [6.45, 7) is 3.51. The third-order valence-electron chi connectivity index (χ3n) is 1.25. The number of carbonyl (C=O) groups excluding carboxylic acids is 1. The normalized spacial score (nSPS) is 18.5. The van der Waals surface area contributed by atoms with Gasteiger partial charge in [-0.15, -0.1) is 0 Å². The second kappa shape index (κ2) is 2.26. The van der Waals surface area contributed by atoms with Gasteiger partial charge in [-0.3, -0.25) is 15.6 Å². The molecule has 2 N–H and O–H groups in total. The first kappa shape index (κ1) is 7.01. The van der Waals surface area contributed by atoms with Crippen LogP contribution in [0.25, 0.3) is 0 Å². The van der Waals surface area contributed by atoms with Crippen molar-refractivity contribution in [1.29, 1.82) is 0 Å². The molecule has 0 radical (unpaired) electrons. The summed E-state index contributed by atoms with van der Waals surface area (Å²) in [6.07, 6.45) is 0. The van der Waals surface area contributed by atoms with Crippen molar-refractivity contribution in [2.45, 2.75) is 0 Å². The molecule has 1 fully saturated rings. The third kappa shape index (κ3) is 0.950. The molecule has 0 spiro atoms. The highest BCUT2D eigenvalue weighted by Gasteiger charge is 2.20. The molecule has 1 rings (SSSR count). The lowest BCUT2D eigenvalue weighted by Gasteiger charge is -2.27. The maximum atomic E-state index is 10.8. The molecule has 1 heterocycles. The average molecular weight is 157 g/mol. The van der Waals surface area contributed by atoms with E-state index in [2.05, 4.69) is 17.4 Å². The van der Waals surface area contributed by atoms with Gasteiger partial charge in [0.2, 0.25) is 0 Å². The molecule has 10 heavy (non-hydrogen) atoms. The summed E-state index contributed by atoms with van der Waals surface area (Å²) in [5.74, 6) is -0.254. The second-order valence-corrected chi connectivity index (χ2v) is 2.28. The van der Waals surface area contributed by atoms with Crippen LogP contribution in [0.3, 0.4) is 0 Å². The Morgan fingerprint density at radius 2 is 2.20 bits per heavy atom. The van der Waals surface area contributed by atoms with E-state index in [1.54, 1.807) is 7.05 Å². The quantitative estimate of drug-likeness (QED) is 0.362. The van der Waals surface area contributed by atoms with Gasteiger partial charge >= 0.3 is 0 Å². The SMILES string of the molecule is C=C1C(=O)NNC(=S)N1C. The van der Waals surface area contributed by atoms with Crippen LogP contribution in [0.4, 0.5) is 0 Å². The average Bonchev–Trinajstić information content (AvgIpc) is 1.93. The largest absolute Gasteiger partial charge is 0.316 e. The predicted molar refractivity (Wildman–Crippen MR) is 40.8 cm³/mol. The Labute approximate surface area is 63.9 Å². The number of rotatable bonds is 0. The lowest BCUT2D eigenvalue weighted by atomic mass is 10.4. The molecule has 5 heteroatoms. The van der Waals surface area contributed by atoms with Crippen molar-refractivity contribution in [2.24, 2.45) is 0 Å². The molecule has 1 amide bonds. The summed E-state index contributed by atoms with van der Waals surface area (Å²) in [5.41, 5.74) is 5.20. The van der Waals surface area contributed by atoms with Crippen LogP contribution in [0, 0.1) is 0 Å². The fourth-order valence-corrected chi connectivity index (χ4v) is 0.702. The number of thiocarbonyl (C=S) groups is 1. The minimum Gasteiger partial charge on any atom is -0.316 e. The Balaban J connectivity index is 2.79. The monoisotopic (exact) mass is 157 g/mol. The predicted octanol–water partition coefficient (Wildman–Crippen LogP) is -0.649. The van der Waals surface area contributed by atoms with Crippen molar-refractivity contribution in [3.05, 3.63) is 12.3 Å². The minimum absolute atomic E-state index is 0.254. The zero-order chi connectivity index (χ0) is 7.72. The van der Waals surface area contributed by atoms with E-state index in [0.29, 0.717) is 10.8 Å². The van der Waals surface area contributed by atoms with E-state index >= 15 is 0 Å². The summed E-state index contributed by atoms with van der Waals surface area (Å²) in [6, 6.07) is 0. The zero-order valence-corrected chi connectivity index (χ0v) is 6.29. The van der Waals surface area contributed by atoms with Crippen LogP contribution in [0.15, 0.2) is 12.3 Å². The van der Waals surface area contributed by atoms with E-state index in [-0.39, 0.29) is 5.91 Å². The zero-order valence-electron chi connectivity index (χ0n) is 5.47. The van der Waals surface area contributed by atoms with E-state index in [1.165, 1.54) is 4.90 Å². The smallest absolute Gasteiger partial charge is 0.285 e. The first-order valence-electron chi connectivity index (χ1n) is 2.66. The summed E-state index contributed by atoms with van der Waals surface area (Å²) in [7, 11) is 1.68. The Bertz CT molecular complexity index is 213. The van der Waals surface area contributed by atoms with E-state index in [9.17, 15) is 4.79 Å². The van der Waals surface area contributed by atoms with Gasteiger partial charge < -0.3 is 4.90 Å². The van der Waals surface area contributed by atoms with Gasteiger partial charge in [-0.05, 0) is 12.2 Å². The standard InChI is InChI=1S/C5H7N3OS/c1-3-4(9)6-7-5(10)8(3)2/h1H2,2H3,(H,6,9)(H,7,10). The number of hydrogen-bond donors (Lipinski definition) is 2. The minimum atomic E-state index is -0.254. The summed E-state index contributed by atoms with van der Waals surface area (Å²) < 4.78 is 0. The van der Waals surface area contributed by atoms with Crippen molar-refractivity contribution in [3.63, 3.8) is 0 Å². The Morgan fingerprint density at radius 3 is 2.70 bits per heavy atom. The van der Waals surface area contributed by atoms with Crippen molar-refractivity contribution in [2.75, 3.05) is 7.05 Å². The van der Waals surface area contributed by atoms with E-state index < -0.39 is 0 Å². The van der Waals surface area contributed by atoms with E-state index in [1.807, 2.05) is 0 Å². The topological polar surface area (TPSA) is 44.4 Å². The number of carbonyl (C=O) groups is 1. The van der Waals surface area contributed by atoms with Gasteiger partial charge in [-0.1, -0.05) is 6.58 Å². The second-order valence-electron chi connectivity index (χ2n) is 1.89. The van der Waals surface area contributed by atoms with Gasteiger partial charge in [0.1, 0.15) is 5.70 Å². The van der Waals surface area contributed by atoms with E-state index in [0.717, 1.165) is 0 Å². The van der Waals surface area contributed by atoms with Crippen LogP contribution in [0.5, 0.6) is 0 Å². The van der Waals surface area contributed by atoms with Crippen molar-refractivity contribution < 1.29 is 4.79 Å².